The van der Waals surface area contributed by atoms with Gasteiger partial charge in [0.25, 0.3) is 0 Å². The molecule has 39 heavy (non-hydrogen) atoms. The van der Waals surface area contributed by atoms with E-state index < -0.39 is 23.3 Å². The second kappa shape index (κ2) is 8.79. The maximum Gasteiger partial charge on any atom is 0.420 e. The normalized spacial score (nSPS) is 22.6. The number of methoxy groups -OCH3 is 1. The van der Waals surface area contributed by atoms with Gasteiger partial charge < -0.3 is 30.5 Å². The number of rotatable bonds is 6. The van der Waals surface area contributed by atoms with Crippen LogP contribution in [0.1, 0.15) is 35.4 Å². The first kappa shape index (κ1) is 24.8. The van der Waals surface area contributed by atoms with Crippen molar-refractivity contribution in [3.8, 4) is 23.0 Å². The summed E-state index contributed by atoms with van der Waals surface area (Å²) in [5.74, 6) is 0.996. The molecule has 2 aromatic carbocycles. The number of fused-ring (bicyclic) bond motifs is 2. The summed E-state index contributed by atoms with van der Waals surface area (Å²) in [5.41, 5.74) is -0.220. The van der Waals surface area contributed by atoms with Gasteiger partial charge in [-0.15, -0.1) is 0 Å². The van der Waals surface area contributed by atoms with E-state index in [9.17, 15) is 27.9 Å². The average Bonchev–Trinajstić information content (AvgIpc) is 3.75. The molecule has 12 heteroatoms. The van der Waals surface area contributed by atoms with E-state index in [1.165, 1.54) is 18.3 Å². The van der Waals surface area contributed by atoms with E-state index in [0.717, 1.165) is 24.8 Å². The SMILES string of the molecule is COc1ccc(NC(=O)NC23CC2C3c2cc(Oc3ccnc4c3CCC(=O)N4)ccc2O)cc1C(F)(F)F. The Morgan fingerprint density at radius 3 is 2.72 bits per heavy atom. The van der Waals surface area contributed by atoms with Crippen molar-refractivity contribution in [3.05, 3.63) is 65.4 Å². The number of nitrogens with one attached hydrogen (secondary N) is 3. The van der Waals surface area contributed by atoms with Gasteiger partial charge in [0.15, 0.2) is 0 Å². The largest absolute Gasteiger partial charge is 0.508 e. The van der Waals surface area contributed by atoms with Crippen LogP contribution in [0.4, 0.5) is 29.5 Å². The van der Waals surface area contributed by atoms with E-state index in [0.29, 0.717) is 42.1 Å². The van der Waals surface area contributed by atoms with Crippen LogP contribution in [-0.4, -0.2) is 34.7 Å². The number of halogens is 3. The molecule has 2 saturated carbocycles. The summed E-state index contributed by atoms with van der Waals surface area (Å²) in [7, 11) is 1.14. The fourth-order valence-electron chi connectivity index (χ4n) is 5.33. The van der Waals surface area contributed by atoms with Gasteiger partial charge in [-0.05, 0) is 61.2 Å². The Hall–Kier alpha value is -4.48. The molecule has 1 aromatic heterocycles. The number of aromatic hydroxyl groups is 1. The zero-order valence-corrected chi connectivity index (χ0v) is 20.6. The number of hydrogen-bond donors (Lipinski definition) is 4. The van der Waals surface area contributed by atoms with Crippen molar-refractivity contribution in [1.82, 2.24) is 10.3 Å². The molecular weight excluding hydrogens is 517 g/mol. The highest BCUT2D eigenvalue weighted by Gasteiger charge is 2.80. The zero-order chi connectivity index (χ0) is 27.5. The fraction of sp³-hybridized carbons (Fsp3) is 0.296. The summed E-state index contributed by atoms with van der Waals surface area (Å²) in [6.45, 7) is 0. The maximum atomic E-state index is 13.3. The number of urea groups is 1. The highest BCUT2D eigenvalue weighted by Crippen LogP contribution is 2.77. The lowest BCUT2D eigenvalue weighted by Gasteiger charge is -2.20. The molecule has 202 valence electrons. The Labute approximate surface area is 220 Å². The molecular formula is C27H23F3N4O5. The van der Waals surface area contributed by atoms with Crippen LogP contribution in [-0.2, 0) is 17.4 Å². The van der Waals surface area contributed by atoms with Crippen LogP contribution in [0.2, 0.25) is 0 Å². The van der Waals surface area contributed by atoms with E-state index in [1.807, 2.05) is 0 Å². The number of hydrogen-bond acceptors (Lipinski definition) is 6. The van der Waals surface area contributed by atoms with Crippen molar-refractivity contribution >= 4 is 23.4 Å². The molecule has 3 amide bonds. The van der Waals surface area contributed by atoms with Gasteiger partial charge in [0, 0.05) is 35.3 Å². The van der Waals surface area contributed by atoms with E-state index in [2.05, 4.69) is 20.9 Å². The average molecular weight is 540 g/mol. The minimum absolute atomic E-state index is 0.0263. The molecule has 2 aliphatic carbocycles. The molecule has 2 fully saturated rings. The lowest BCUT2D eigenvalue weighted by atomic mass is 9.99. The number of alkyl halides is 3. The summed E-state index contributed by atoms with van der Waals surface area (Å²) >= 11 is 0. The van der Waals surface area contributed by atoms with Gasteiger partial charge >= 0.3 is 12.2 Å². The number of benzene rings is 2. The molecule has 0 spiro atoms. The Morgan fingerprint density at radius 1 is 1.15 bits per heavy atom. The van der Waals surface area contributed by atoms with E-state index in [4.69, 9.17) is 9.47 Å². The quantitative estimate of drug-likeness (QED) is 0.342. The first-order valence-corrected chi connectivity index (χ1v) is 12.2. The van der Waals surface area contributed by atoms with Crippen molar-refractivity contribution in [1.29, 1.82) is 0 Å². The van der Waals surface area contributed by atoms with Gasteiger partial charge in [-0.25, -0.2) is 9.78 Å². The van der Waals surface area contributed by atoms with Crippen molar-refractivity contribution < 1.29 is 37.3 Å². The van der Waals surface area contributed by atoms with Gasteiger partial charge in [0.05, 0.1) is 18.2 Å². The molecule has 3 unspecified atom stereocenters. The predicted octanol–water partition coefficient (Wildman–Crippen LogP) is 5.17. The maximum absolute atomic E-state index is 13.3. The molecule has 9 nitrogen and oxygen atoms in total. The number of aromatic nitrogens is 1. The van der Waals surface area contributed by atoms with Crippen molar-refractivity contribution in [2.45, 2.75) is 36.9 Å². The highest BCUT2D eigenvalue weighted by molar-refractivity contribution is 5.93. The Balaban J connectivity index is 1.15. The monoisotopic (exact) mass is 540 g/mol. The number of carbonyl (C=O) groups is 2. The number of carbonyl (C=O) groups excluding carboxylic acids is 2. The molecule has 3 aliphatic rings. The van der Waals surface area contributed by atoms with Gasteiger partial charge in [-0.3, -0.25) is 4.79 Å². The van der Waals surface area contributed by atoms with E-state index in [1.54, 1.807) is 18.2 Å². The lowest BCUT2D eigenvalue weighted by Crippen LogP contribution is -2.36. The topological polar surface area (TPSA) is 122 Å². The van der Waals surface area contributed by atoms with Gasteiger partial charge in [-0.2, -0.15) is 13.2 Å². The number of amides is 3. The molecule has 2 heterocycles. The van der Waals surface area contributed by atoms with Gasteiger partial charge in [-0.1, -0.05) is 0 Å². The molecule has 6 rings (SSSR count). The lowest BCUT2D eigenvalue weighted by molar-refractivity contribution is -0.138. The van der Waals surface area contributed by atoms with Crippen LogP contribution in [0.15, 0.2) is 48.7 Å². The van der Waals surface area contributed by atoms with Gasteiger partial charge in [0.1, 0.15) is 28.8 Å². The van der Waals surface area contributed by atoms with Crippen molar-refractivity contribution in [2.24, 2.45) is 5.92 Å². The van der Waals surface area contributed by atoms with Crippen LogP contribution < -0.4 is 25.4 Å². The standard InChI is InChI=1S/C27H23F3N4O5/c1-38-21-6-2-13(10-17(21)27(28,29)30)32-25(37)34-26-12-18(26)23(26)16-11-14(3-5-19(16)35)39-20-8-9-31-24-15(20)4-7-22(36)33-24/h2-3,5-6,8-11,18,23,35H,4,7,12H2,1H3,(H,31,33,36)(H2,32,34,37). The summed E-state index contributed by atoms with van der Waals surface area (Å²) < 4.78 is 50.8. The third-order valence-electron chi connectivity index (χ3n) is 7.45. The Bertz CT molecular complexity index is 1510. The molecule has 3 atom stereocenters. The third-order valence-corrected chi connectivity index (χ3v) is 7.45. The summed E-state index contributed by atoms with van der Waals surface area (Å²) in [4.78, 5) is 28.6. The van der Waals surface area contributed by atoms with E-state index >= 15 is 0 Å². The molecule has 3 aromatic rings. The smallest absolute Gasteiger partial charge is 0.420 e. The second-order valence-electron chi connectivity index (χ2n) is 9.83. The van der Waals surface area contributed by atoms with Crippen LogP contribution in [0.3, 0.4) is 0 Å². The summed E-state index contributed by atoms with van der Waals surface area (Å²) in [6, 6.07) is 9.20. The summed E-state index contributed by atoms with van der Waals surface area (Å²) in [6.07, 6.45) is -1.61. The number of pyridine rings is 1. The Morgan fingerprint density at radius 2 is 1.97 bits per heavy atom. The number of ether oxygens (including phenoxy) is 2. The van der Waals surface area contributed by atoms with Crippen LogP contribution in [0.25, 0.3) is 0 Å². The number of phenolic OH excluding ortho intramolecular Hbond substituents is 1. The molecule has 1 aliphatic heterocycles. The molecule has 0 radical (unpaired) electrons. The molecule has 0 saturated heterocycles. The minimum Gasteiger partial charge on any atom is -0.508 e. The second-order valence-corrected chi connectivity index (χ2v) is 9.83. The van der Waals surface area contributed by atoms with Crippen molar-refractivity contribution in [3.63, 3.8) is 0 Å². The number of anilines is 2. The third kappa shape index (κ3) is 4.45. The number of nitrogens with zero attached hydrogens (tertiary/aromatic N) is 1. The fourth-order valence-corrected chi connectivity index (χ4v) is 5.33. The van der Waals surface area contributed by atoms with E-state index in [-0.39, 0.29) is 34.9 Å². The van der Waals surface area contributed by atoms with Crippen LogP contribution in [0, 0.1) is 5.92 Å². The van der Waals surface area contributed by atoms with Crippen LogP contribution in [0.5, 0.6) is 23.0 Å². The predicted molar refractivity (Wildman–Crippen MR) is 133 cm³/mol. The van der Waals surface area contributed by atoms with Crippen LogP contribution >= 0.6 is 0 Å². The zero-order valence-electron chi connectivity index (χ0n) is 20.6. The first-order chi connectivity index (χ1) is 18.6. The van der Waals surface area contributed by atoms with Gasteiger partial charge in [0.2, 0.25) is 5.91 Å². The Kier molecular flexibility index (Phi) is 5.59. The minimum atomic E-state index is -4.64. The number of phenols is 1. The van der Waals surface area contributed by atoms with Crippen molar-refractivity contribution in [2.75, 3.05) is 17.7 Å². The molecule has 0 bridgehead atoms. The first-order valence-electron chi connectivity index (χ1n) is 12.2. The molecule has 4 N–H and O–H groups in total. The summed E-state index contributed by atoms with van der Waals surface area (Å²) in [5, 5.41) is 18.6. The highest BCUT2D eigenvalue weighted by atomic mass is 19.4.